The van der Waals surface area contributed by atoms with E-state index in [1.54, 1.807) is 18.2 Å². The van der Waals surface area contributed by atoms with Crippen LogP contribution in [0.4, 0.5) is 11.4 Å². The number of sulfonamides is 1. The fraction of sp³-hybridized carbons (Fsp3) is 0.188. The molecule has 0 fully saturated rings. The molecule has 2 aromatic carbocycles. The molecule has 0 atom stereocenters. The van der Waals surface area contributed by atoms with Crippen LogP contribution < -0.4 is 10.0 Å². The van der Waals surface area contributed by atoms with Gasteiger partial charge in [0, 0.05) is 23.2 Å². The van der Waals surface area contributed by atoms with Crippen LogP contribution >= 0.6 is 15.9 Å². The minimum atomic E-state index is -4.12. The number of benzene rings is 2. The normalized spacial score (nSPS) is 11.0. The summed E-state index contributed by atoms with van der Waals surface area (Å²) in [4.78, 5) is 21.8. The zero-order valence-electron chi connectivity index (χ0n) is 14.1. The van der Waals surface area contributed by atoms with Gasteiger partial charge in [-0.2, -0.15) is 4.72 Å². The zero-order valence-corrected chi connectivity index (χ0v) is 16.5. The summed E-state index contributed by atoms with van der Waals surface area (Å²) in [5, 5.41) is 13.7. The number of hydrogen-bond acceptors (Lipinski definition) is 7. The Morgan fingerprint density at radius 1 is 1.26 bits per heavy atom. The number of nitro benzene ring substituents is 1. The summed E-state index contributed by atoms with van der Waals surface area (Å²) in [6, 6.07) is 10.5. The van der Waals surface area contributed by atoms with Gasteiger partial charge in [-0.05, 0) is 18.2 Å². The second-order valence-electron chi connectivity index (χ2n) is 5.26. The zero-order chi connectivity index (χ0) is 20.0. The highest BCUT2D eigenvalue weighted by Crippen LogP contribution is 2.27. The topological polar surface area (TPSA) is 128 Å². The summed E-state index contributed by atoms with van der Waals surface area (Å²) >= 11 is 3.31. The van der Waals surface area contributed by atoms with Crippen molar-refractivity contribution in [3.8, 4) is 0 Å². The summed E-state index contributed by atoms with van der Waals surface area (Å²) < 4.78 is 32.4. The van der Waals surface area contributed by atoms with E-state index in [1.165, 1.54) is 19.2 Å². The van der Waals surface area contributed by atoms with E-state index >= 15 is 0 Å². The summed E-state index contributed by atoms with van der Waals surface area (Å²) in [6.07, 6.45) is 0. The monoisotopic (exact) mass is 457 g/mol. The largest absolute Gasteiger partial charge is 0.460 e. The van der Waals surface area contributed by atoms with Crippen LogP contribution in [0.1, 0.15) is 5.56 Å². The molecule has 0 aliphatic carbocycles. The van der Waals surface area contributed by atoms with Gasteiger partial charge < -0.3 is 10.1 Å². The van der Waals surface area contributed by atoms with Crippen LogP contribution in [0.15, 0.2) is 51.8 Å². The van der Waals surface area contributed by atoms with Gasteiger partial charge in [0.1, 0.15) is 18.8 Å². The Labute approximate surface area is 164 Å². The molecule has 0 heterocycles. The molecule has 144 valence electrons. The third-order valence-electron chi connectivity index (χ3n) is 3.50. The molecule has 0 saturated carbocycles. The Balaban J connectivity index is 2.02. The van der Waals surface area contributed by atoms with Crippen molar-refractivity contribution in [2.45, 2.75) is 11.5 Å². The lowest BCUT2D eigenvalue weighted by atomic mass is 10.2. The van der Waals surface area contributed by atoms with Crippen LogP contribution in [0.2, 0.25) is 0 Å². The summed E-state index contributed by atoms with van der Waals surface area (Å²) in [5.74, 6) is -0.782. The molecule has 0 aliphatic heterocycles. The molecule has 0 amide bonds. The first-order chi connectivity index (χ1) is 12.7. The predicted molar refractivity (Wildman–Crippen MR) is 102 cm³/mol. The molecule has 27 heavy (non-hydrogen) atoms. The molecular weight excluding hydrogens is 442 g/mol. The van der Waals surface area contributed by atoms with Gasteiger partial charge in [0.15, 0.2) is 0 Å². The first kappa shape index (κ1) is 20.8. The quantitative estimate of drug-likeness (QED) is 0.353. The fourth-order valence-corrected chi connectivity index (χ4v) is 3.49. The van der Waals surface area contributed by atoms with E-state index in [2.05, 4.69) is 26.0 Å². The first-order valence-electron chi connectivity index (χ1n) is 7.59. The average molecular weight is 458 g/mol. The number of nitrogens with zero attached hydrogens (tertiary/aromatic N) is 1. The van der Waals surface area contributed by atoms with Gasteiger partial charge in [0.25, 0.3) is 5.69 Å². The minimum Gasteiger partial charge on any atom is -0.460 e. The van der Waals surface area contributed by atoms with Crippen molar-refractivity contribution >= 4 is 43.3 Å². The molecule has 2 N–H and O–H groups in total. The van der Waals surface area contributed by atoms with Gasteiger partial charge in [-0.1, -0.05) is 34.1 Å². The van der Waals surface area contributed by atoms with Crippen molar-refractivity contribution in [2.24, 2.45) is 0 Å². The minimum absolute atomic E-state index is 0.0235. The molecule has 11 heteroatoms. The van der Waals surface area contributed by atoms with Crippen molar-refractivity contribution in [1.82, 2.24) is 4.72 Å². The standard InChI is InChI=1S/C16H16BrN3O6S/c1-18-14-7-6-12(8-15(14)20(22)23)27(24,25)19-9-16(21)26-10-11-4-2-3-5-13(11)17/h2-8,18-19H,9-10H2,1H3. The fourth-order valence-electron chi connectivity index (χ4n) is 2.10. The number of rotatable bonds is 8. The Bertz CT molecular complexity index is 964. The third kappa shape index (κ3) is 5.49. The van der Waals surface area contributed by atoms with Crippen molar-refractivity contribution in [3.63, 3.8) is 0 Å². The van der Waals surface area contributed by atoms with Crippen LogP contribution in [-0.2, 0) is 26.2 Å². The predicted octanol–water partition coefficient (Wildman–Crippen LogP) is 2.42. The molecule has 0 spiro atoms. The SMILES string of the molecule is CNc1ccc(S(=O)(=O)NCC(=O)OCc2ccccc2Br)cc1[N+](=O)[O-]. The average Bonchev–Trinajstić information content (AvgIpc) is 2.65. The van der Waals surface area contributed by atoms with E-state index in [4.69, 9.17) is 4.74 Å². The van der Waals surface area contributed by atoms with Crippen molar-refractivity contribution < 1.29 is 22.9 Å². The van der Waals surface area contributed by atoms with Gasteiger partial charge in [0.2, 0.25) is 10.0 Å². The number of carbonyl (C=O) groups is 1. The molecule has 2 aromatic rings. The van der Waals surface area contributed by atoms with Crippen molar-refractivity contribution in [1.29, 1.82) is 0 Å². The maximum Gasteiger partial charge on any atom is 0.321 e. The number of carbonyl (C=O) groups excluding carboxylic acids is 1. The highest BCUT2D eigenvalue weighted by atomic mass is 79.9. The smallest absolute Gasteiger partial charge is 0.321 e. The molecule has 0 bridgehead atoms. The van der Waals surface area contributed by atoms with E-state index in [0.717, 1.165) is 16.1 Å². The lowest BCUT2D eigenvalue weighted by Gasteiger charge is -2.09. The Morgan fingerprint density at radius 3 is 2.59 bits per heavy atom. The van der Waals surface area contributed by atoms with Crippen LogP contribution in [0.25, 0.3) is 0 Å². The second kappa shape index (κ2) is 8.93. The highest BCUT2D eigenvalue weighted by molar-refractivity contribution is 9.10. The molecule has 0 radical (unpaired) electrons. The number of anilines is 1. The van der Waals surface area contributed by atoms with Crippen molar-refractivity contribution in [3.05, 3.63) is 62.6 Å². The summed E-state index contributed by atoms with van der Waals surface area (Å²) in [6.45, 7) is -0.626. The van der Waals surface area contributed by atoms with Crippen LogP contribution in [0, 0.1) is 10.1 Å². The van der Waals surface area contributed by atoms with Gasteiger partial charge >= 0.3 is 5.97 Å². The Hall–Kier alpha value is -2.50. The number of nitrogens with one attached hydrogen (secondary N) is 2. The van der Waals surface area contributed by atoms with Crippen LogP contribution in [-0.4, -0.2) is 32.9 Å². The second-order valence-corrected chi connectivity index (χ2v) is 7.88. The molecular formula is C16H16BrN3O6S. The van der Waals surface area contributed by atoms with Gasteiger partial charge in [-0.15, -0.1) is 0 Å². The molecule has 0 unspecified atom stereocenters. The van der Waals surface area contributed by atoms with Crippen LogP contribution in [0.5, 0.6) is 0 Å². The molecule has 0 aromatic heterocycles. The number of esters is 1. The molecule has 0 saturated heterocycles. The van der Waals surface area contributed by atoms with E-state index in [9.17, 15) is 23.3 Å². The highest BCUT2D eigenvalue weighted by Gasteiger charge is 2.22. The first-order valence-corrected chi connectivity index (χ1v) is 9.87. The van der Waals surface area contributed by atoms with Crippen molar-refractivity contribution in [2.75, 3.05) is 18.9 Å². The third-order valence-corrected chi connectivity index (χ3v) is 5.67. The van der Waals surface area contributed by atoms with E-state index in [-0.39, 0.29) is 17.2 Å². The van der Waals surface area contributed by atoms with E-state index < -0.39 is 33.1 Å². The van der Waals surface area contributed by atoms with Gasteiger partial charge in [-0.25, -0.2) is 8.42 Å². The van der Waals surface area contributed by atoms with Gasteiger partial charge in [0.05, 0.1) is 9.82 Å². The maximum atomic E-state index is 12.3. The van der Waals surface area contributed by atoms with Gasteiger partial charge in [-0.3, -0.25) is 14.9 Å². The summed E-state index contributed by atoms with van der Waals surface area (Å²) in [7, 11) is -2.64. The molecule has 0 aliphatic rings. The molecule has 2 rings (SSSR count). The van der Waals surface area contributed by atoms with Crippen LogP contribution in [0.3, 0.4) is 0 Å². The maximum absolute atomic E-state index is 12.3. The molecule has 9 nitrogen and oxygen atoms in total. The Morgan fingerprint density at radius 2 is 1.96 bits per heavy atom. The number of nitro groups is 1. The Kier molecular flexibility index (Phi) is 6.88. The lowest BCUT2D eigenvalue weighted by molar-refractivity contribution is -0.384. The number of halogens is 1. The van der Waals surface area contributed by atoms with E-state index in [1.807, 2.05) is 6.07 Å². The number of hydrogen-bond donors (Lipinski definition) is 2. The number of ether oxygens (including phenoxy) is 1. The lowest BCUT2D eigenvalue weighted by Crippen LogP contribution is -2.30. The van der Waals surface area contributed by atoms with E-state index in [0.29, 0.717) is 0 Å². The summed E-state index contributed by atoms with van der Waals surface area (Å²) in [5.41, 5.74) is 0.510.